The van der Waals surface area contributed by atoms with Crippen molar-refractivity contribution in [2.24, 2.45) is 0 Å². The summed E-state index contributed by atoms with van der Waals surface area (Å²) in [6.45, 7) is 0. The van der Waals surface area contributed by atoms with E-state index in [2.05, 4.69) is 48.8 Å². The first-order valence-electron chi connectivity index (χ1n) is 3.42. The van der Waals surface area contributed by atoms with Gasteiger partial charge in [0.2, 0.25) is 0 Å². The number of carbonyl (C=O) groups excluding carboxylic acids is 1. The van der Waals surface area contributed by atoms with E-state index in [9.17, 15) is 4.79 Å². The first-order valence-corrected chi connectivity index (χ1v) is 6.00. The maximum atomic E-state index is 11.3. The number of hydrogen-bond acceptors (Lipinski definition) is 2. The van der Waals surface area contributed by atoms with Crippen molar-refractivity contribution in [3.63, 3.8) is 0 Å². The second-order valence-electron chi connectivity index (χ2n) is 2.20. The van der Waals surface area contributed by atoms with Gasteiger partial charge in [0, 0.05) is 8.04 Å². The average molecular weight is 368 g/mol. The Labute approximate surface area is 102 Å². The summed E-state index contributed by atoms with van der Waals surface area (Å²) >= 11 is 5.47. The van der Waals surface area contributed by atoms with Crippen LogP contribution < -0.4 is 0 Å². The topological polar surface area (TPSA) is 26.3 Å². The van der Waals surface area contributed by atoms with Gasteiger partial charge in [-0.15, -0.1) is 0 Å². The van der Waals surface area contributed by atoms with Gasteiger partial charge in [0.25, 0.3) is 0 Å². The van der Waals surface area contributed by atoms with Crippen LogP contribution in [0.2, 0.25) is 0 Å². The molecule has 0 unspecified atom stereocenters. The van der Waals surface area contributed by atoms with E-state index in [1.54, 1.807) is 6.07 Å². The number of ether oxygens (including phenoxy) is 1. The lowest BCUT2D eigenvalue weighted by molar-refractivity contribution is 0.0572. The second kappa shape index (κ2) is 5.11. The lowest BCUT2D eigenvalue weighted by Gasteiger charge is -2.03. The van der Waals surface area contributed by atoms with Gasteiger partial charge in [0.05, 0.1) is 22.0 Å². The standard InChI is InChI=1S/C8H5BrIO2Si/c9-7-3-5(10)1-2-6(7)8(11)12-4-13/h1-3H,4H2. The van der Waals surface area contributed by atoms with Crippen molar-refractivity contribution < 1.29 is 9.53 Å². The van der Waals surface area contributed by atoms with E-state index < -0.39 is 0 Å². The van der Waals surface area contributed by atoms with Crippen molar-refractivity contribution in [2.45, 2.75) is 0 Å². The van der Waals surface area contributed by atoms with Crippen LogP contribution in [0.3, 0.4) is 0 Å². The van der Waals surface area contributed by atoms with Crippen LogP contribution >= 0.6 is 38.5 Å². The van der Waals surface area contributed by atoms with E-state index in [0.717, 1.165) is 8.04 Å². The fourth-order valence-electron chi connectivity index (χ4n) is 0.798. The van der Waals surface area contributed by atoms with Gasteiger partial charge in [0.1, 0.15) is 0 Å². The maximum Gasteiger partial charge on any atom is 0.338 e. The molecule has 0 aliphatic rings. The lowest BCUT2D eigenvalue weighted by Crippen LogP contribution is -2.06. The van der Waals surface area contributed by atoms with Crippen LogP contribution in [-0.4, -0.2) is 22.4 Å². The fourth-order valence-corrected chi connectivity index (χ4v) is 2.39. The molecule has 0 N–H and O–H groups in total. The van der Waals surface area contributed by atoms with Crippen molar-refractivity contribution in [1.29, 1.82) is 0 Å². The molecular formula is C8H5BrIO2Si. The molecule has 0 heterocycles. The van der Waals surface area contributed by atoms with Gasteiger partial charge in [-0.05, 0) is 56.7 Å². The van der Waals surface area contributed by atoms with Crippen LogP contribution in [0.1, 0.15) is 10.4 Å². The zero-order valence-electron chi connectivity index (χ0n) is 6.51. The van der Waals surface area contributed by atoms with Crippen molar-refractivity contribution in [3.8, 4) is 0 Å². The summed E-state index contributed by atoms with van der Waals surface area (Å²) in [4.78, 5) is 11.3. The highest BCUT2D eigenvalue weighted by Gasteiger charge is 2.10. The molecule has 2 nitrogen and oxygen atoms in total. The predicted octanol–water partition coefficient (Wildman–Crippen LogP) is 2.34. The molecule has 0 spiro atoms. The van der Waals surface area contributed by atoms with Crippen LogP contribution in [0.15, 0.2) is 22.7 Å². The highest BCUT2D eigenvalue weighted by molar-refractivity contribution is 14.1. The van der Waals surface area contributed by atoms with E-state index in [1.165, 1.54) is 0 Å². The third kappa shape index (κ3) is 3.06. The molecule has 0 aromatic heterocycles. The quantitative estimate of drug-likeness (QED) is 0.455. The Bertz CT molecular complexity index is 330. The summed E-state index contributed by atoms with van der Waals surface area (Å²) in [7, 11) is 3.07. The van der Waals surface area contributed by atoms with Crippen molar-refractivity contribution in [2.75, 3.05) is 6.23 Å². The fraction of sp³-hybridized carbons (Fsp3) is 0.125. The van der Waals surface area contributed by atoms with Crippen LogP contribution in [0.5, 0.6) is 0 Å². The third-order valence-corrected chi connectivity index (χ3v) is 2.83. The Morgan fingerprint density at radius 2 is 2.31 bits per heavy atom. The van der Waals surface area contributed by atoms with Crippen molar-refractivity contribution in [1.82, 2.24) is 0 Å². The number of rotatable bonds is 2. The monoisotopic (exact) mass is 367 g/mol. The Morgan fingerprint density at radius 3 is 2.85 bits per heavy atom. The van der Waals surface area contributed by atoms with Crippen LogP contribution in [0.4, 0.5) is 0 Å². The molecule has 67 valence electrons. The van der Waals surface area contributed by atoms with Crippen molar-refractivity contribution >= 4 is 54.7 Å². The summed E-state index contributed by atoms with van der Waals surface area (Å²) in [6, 6.07) is 5.45. The van der Waals surface area contributed by atoms with Crippen LogP contribution in [0, 0.1) is 3.57 Å². The largest absolute Gasteiger partial charge is 0.467 e. The molecule has 0 bridgehead atoms. The van der Waals surface area contributed by atoms with Gasteiger partial charge in [-0.3, -0.25) is 0 Å². The summed E-state index contributed by atoms with van der Waals surface area (Å²) in [5, 5.41) is 0. The molecule has 1 aromatic carbocycles. The molecule has 13 heavy (non-hydrogen) atoms. The average Bonchev–Trinajstić information content (AvgIpc) is 2.04. The molecule has 0 atom stereocenters. The number of esters is 1. The number of halogens is 2. The van der Waals surface area contributed by atoms with Crippen molar-refractivity contribution in [3.05, 3.63) is 31.8 Å². The van der Waals surface area contributed by atoms with Crippen LogP contribution in [0.25, 0.3) is 0 Å². The minimum atomic E-state index is -0.335. The summed E-state index contributed by atoms with van der Waals surface area (Å²) < 4.78 is 6.61. The summed E-state index contributed by atoms with van der Waals surface area (Å²) in [5.74, 6) is -0.335. The summed E-state index contributed by atoms with van der Waals surface area (Å²) in [5.41, 5.74) is 0.540. The number of benzene rings is 1. The predicted molar refractivity (Wildman–Crippen MR) is 62.9 cm³/mol. The minimum Gasteiger partial charge on any atom is -0.467 e. The molecule has 0 saturated carbocycles. The molecule has 0 amide bonds. The van der Waals surface area contributed by atoms with E-state index >= 15 is 0 Å². The molecular weight excluding hydrogens is 363 g/mol. The van der Waals surface area contributed by atoms with Gasteiger partial charge >= 0.3 is 5.97 Å². The Morgan fingerprint density at radius 1 is 1.62 bits per heavy atom. The maximum absolute atomic E-state index is 11.3. The normalized spacial score (nSPS) is 9.77. The van der Waals surface area contributed by atoms with E-state index in [0.29, 0.717) is 5.56 Å². The highest BCUT2D eigenvalue weighted by Crippen LogP contribution is 2.20. The third-order valence-electron chi connectivity index (χ3n) is 1.35. The molecule has 1 rings (SSSR count). The first-order chi connectivity index (χ1) is 6.15. The lowest BCUT2D eigenvalue weighted by atomic mass is 10.2. The minimum absolute atomic E-state index is 0.206. The Kier molecular flexibility index (Phi) is 4.40. The van der Waals surface area contributed by atoms with Gasteiger partial charge in [-0.1, -0.05) is 0 Å². The zero-order valence-corrected chi connectivity index (χ0v) is 11.3. The number of hydrogen-bond donors (Lipinski definition) is 0. The van der Waals surface area contributed by atoms with Gasteiger partial charge in [-0.25, -0.2) is 4.79 Å². The Balaban J connectivity index is 2.95. The number of carbonyl (C=O) groups is 1. The Hall–Kier alpha value is 0.117. The highest BCUT2D eigenvalue weighted by atomic mass is 127. The molecule has 0 aliphatic carbocycles. The van der Waals surface area contributed by atoms with Gasteiger partial charge in [0.15, 0.2) is 0 Å². The molecule has 0 fully saturated rings. The molecule has 5 heteroatoms. The van der Waals surface area contributed by atoms with Gasteiger partial charge < -0.3 is 4.74 Å². The smallest absolute Gasteiger partial charge is 0.338 e. The van der Waals surface area contributed by atoms with Gasteiger partial charge in [-0.2, -0.15) is 0 Å². The SMILES string of the molecule is O=C(OC[Si])c1ccc(I)cc1Br. The van der Waals surface area contributed by atoms with E-state index in [1.807, 2.05) is 12.1 Å². The zero-order chi connectivity index (χ0) is 9.84. The summed E-state index contributed by atoms with van der Waals surface area (Å²) in [6.07, 6.45) is 0.206. The molecule has 0 saturated heterocycles. The first kappa shape index (κ1) is 11.2. The van der Waals surface area contributed by atoms with E-state index in [-0.39, 0.29) is 12.2 Å². The molecule has 1 aromatic rings. The van der Waals surface area contributed by atoms with Crippen LogP contribution in [-0.2, 0) is 4.74 Å². The molecule has 0 aliphatic heterocycles. The second-order valence-corrected chi connectivity index (χ2v) is 4.59. The van der Waals surface area contributed by atoms with E-state index in [4.69, 9.17) is 4.74 Å². The molecule has 3 radical (unpaired) electrons.